The Kier molecular flexibility index (Phi) is 3.72. The van der Waals surface area contributed by atoms with Crippen molar-refractivity contribution in [3.05, 3.63) is 65.9 Å². The Hall–Kier alpha value is -2.04. The molecule has 2 N–H and O–H groups in total. The van der Waals surface area contributed by atoms with Crippen LogP contribution in [-0.4, -0.2) is 21.7 Å². The Morgan fingerprint density at radius 3 is 2.43 bits per heavy atom. The monoisotopic (exact) mass is 305 g/mol. The van der Waals surface area contributed by atoms with Crippen LogP contribution in [0.5, 0.6) is 0 Å². The molecule has 4 rings (SSSR count). The summed E-state index contributed by atoms with van der Waals surface area (Å²) in [6.07, 6.45) is 3.55. The molecular weight excluding hydrogens is 285 g/mol. The van der Waals surface area contributed by atoms with Crippen molar-refractivity contribution in [3.8, 4) is 0 Å². The third kappa shape index (κ3) is 3.05. The number of hydrogen-bond donors (Lipinski definition) is 2. The molecule has 2 aromatic carbocycles. The van der Waals surface area contributed by atoms with Gasteiger partial charge in [0.25, 0.3) is 0 Å². The lowest BCUT2D eigenvalue weighted by Gasteiger charge is -2.11. The number of benzene rings is 2. The molecule has 0 unspecified atom stereocenters. The van der Waals surface area contributed by atoms with Crippen molar-refractivity contribution in [1.82, 2.24) is 4.57 Å². The van der Waals surface area contributed by atoms with E-state index >= 15 is 0 Å². The zero-order chi connectivity index (χ0) is 15.8. The molecule has 0 amide bonds. The second-order valence-electron chi connectivity index (χ2n) is 6.54. The van der Waals surface area contributed by atoms with Gasteiger partial charge in [-0.2, -0.15) is 0 Å². The summed E-state index contributed by atoms with van der Waals surface area (Å²) in [6.45, 7) is 1.11. The lowest BCUT2D eigenvalue weighted by atomic mass is 9.80. The highest BCUT2D eigenvalue weighted by Gasteiger charge is 2.23. The molecule has 1 saturated carbocycles. The van der Waals surface area contributed by atoms with Gasteiger partial charge in [0.05, 0.1) is 0 Å². The van der Waals surface area contributed by atoms with Gasteiger partial charge in [-0.1, -0.05) is 42.5 Å². The number of rotatable bonds is 5. The number of hydrogen-bond acceptors (Lipinski definition) is 2. The van der Waals surface area contributed by atoms with E-state index in [9.17, 15) is 10.0 Å². The Balaban J connectivity index is 1.67. The van der Waals surface area contributed by atoms with Crippen molar-refractivity contribution in [2.24, 2.45) is 5.92 Å². The van der Waals surface area contributed by atoms with E-state index < -0.39 is 7.12 Å². The average Bonchev–Trinajstić information content (AvgIpc) is 3.31. The predicted octanol–water partition coefficient (Wildman–Crippen LogP) is 2.32. The van der Waals surface area contributed by atoms with E-state index in [1.54, 1.807) is 12.1 Å². The molecule has 3 aromatic rings. The summed E-state index contributed by atoms with van der Waals surface area (Å²) >= 11 is 0. The summed E-state index contributed by atoms with van der Waals surface area (Å²) < 4.78 is 2.46. The molecule has 0 spiro atoms. The second-order valence-corrected chi connectivity index (χ2v) is 6.54. The van der Waals surface area contributed by atoms with Crippen molar-refractivity contribution in [1.29, 1.82) is 0 Å². The minimum absolute atomic E-state index is 0.535. The van der Waals surface area contributed by atoms with Gasteiger partial charge in [0.15, 0.2) is 0 Å². The Morgan fingerprint density at radius 1 is 1.00 bits per heavy atom. The highest BCUT2D eigenvalue weighted by Crippen LogP contribution is 2.33. The molecule has 4 heteroatoms. The highest BCUT2D eigenvalue weighted by atomic mass is 16.4. The largest absolute Gasteiger partial charge is 0.488 e. The lowest BCUT2D eigenvalue weighted by Crippen LogP contribution is -2.29. The van der Waals surface area contributed by atoms with Gasteiger partial charge in [0, 0.05) is 24.2 Å². The van der Waals surface area contributed by atoms with Crippen LogP contribution in [0.4, 0.5) is 0 Å². The molecular formula is C19H20BNO2. The third-order valence-electron chi connectivity index (χ3n) is 4.70. The zero-order valence-corrected chi connectivity index (χ0v) is 13.0. The Labute approximate surface area is 136 Å². The van der Waals surface area contributed by atoms with Gasteiger partial charge < -0.3 is 14.6 Å². The lowest BCUT2D eigenvalue weighted by molar-refractivity contribution is 0.426. The first kappa shape index (κ1) is 14.6. The third-order valence-corrected chi connectivity index (χ3v) is 4.70. The van der Waals surface area contributed by atoms with E-state index in [1.165, 1.54) is 35.0 Å². The van der Waals surface area contributed by atoms with Crippen LogP contribution in [-0.2, 0) is 13.0 Å². The van der Waals surface area contributed by atoms with E-state index in [0.29, 0.717) is 5.46 Å². The molecule has 0 bridgehead atoms. The van der Waals surface area contributed by atoms with Crippen molar-refractivity contribution in [2.45, 2.75) is 25.8 Å². The first-order valence-corrected chi connectivity index (χ1v) is 8.23. The van der Waals surface area contributed by atoms with Gasteiger partial charge in [-0.05, 0) is 47.3 Å². The summed E-state index contributed by atoms with van der Waals surface area (Å²) in [7, 11) is -1.40. The van der Waals surface area contributed by atoms with E-state index in [1.807, 2.05) is 12.1 Å². The molecule has 0 aliphatic heterocycles. The van der Waals surface area contributed by atoms with Crippen molar-refractivity contribution in [3.63, 3.8) is 0 Å². The van der Waals surface area contributed by atoms with Gasteiger partial charge in [0.1, 0.15) is 0 Å². The zero-order valence-electron chi connectivity index (χ0n) is 13.0. The highest BCUT2D eigenvalue weighted by molar-refractivity contribution is 6.58. The maximum absolute atomic E-state index is 9.20. The molecule has 1 aliphatic rings. The Bertz CT molecular complexity index is 819. The molecule has 1 aliphatic carbocycles. The Morgan fingerprint density at radius 2 is 1.74 bits per heavy atom. The van der Waals surface area contributed by atoms with Gasteiger partial charge in [-0.15, -0.1) is 0 Å². The van der Waals surface area contributed by atoms with Gasteiger partial charge in [0.2, 0.25) is 0 Å². The van der Waals surface area contributed by atoms with E-state index in [4.69, 9.17) is 0 Å². The summed E-state index contributed by atoms with van der Waals surface area (Å²) in [5.74, 6) is 0.830. The first-order chi connectivity index (χ1) is 11.2. The fourth-order valence-electron chi connectivity index (χ4n) is 3.20. The molecule has 3 nitrogen and oxygen atoms in total. The van der Waals surface area contributed by atoms with E-state index in [-0.39, 0.29) is 0 Å². The summed E-state index contributed by atoms with van der Waals surface area (Å²) in [5, 5.41) is 19.7. The molecule has 0 saturated heterocycles. The predicted molar refractivity (Wildman–Crippen MR) is 93.7 cm³/mol. The maximum atomic E-state index is 9.20. The molecule has 116 valence electrons. The molecule has 0 radical (unpaired) electrons. The van der Waals surface area contributed by atoms with Crippen LogP contribution in [0.2, 0.25) is 0 Å². The quantitative estimate of drug-likeness (QED) is 0.711. The number of para-hydroxylation sites is 1. The number of fused-ring (bicyclic) bond motifs is 1. The van der Waals surface area contributed by atoms with E-state index in [2.05, 4.69) is 34.9 Å². The van der Waals surface area contributed by atoms with Crippen molar-refractivity contribution in [2.75, 3.05) is 0 Å². The number of aromatic nitrogens is 1. The van der Waals surface area contributed by atoms with Crippen molar-refractivity contribution >= 4 is 23.5 Å². The summed E-state index contributed by atoms with van der Waals surface area (Å²) in [6, 6.07) is 18.4. The molecule has 1 aromatic heterocycles. The number of nitrogens with zero attached hydrogens (tertiary/aromatic N) is 1. The van der Waals surface area contributed by atoms with Crippen molar-refractivity contribution < 1.29 is 10.0 Å². The molecule has 0 atom stereocenters. The topological polar surface area (TPSA) is 45.4 Å². The van der Waals surface area contributed by atoms with Crippen LogP contribution < -0.4 is 5.46 Å². The van der Waals surface area contributed by atoms with Crippen LogP contribution in [0.15, 0.2) is 54.6 Å². The summed E-state index contributed by atoms with van der Waals surface area (Å²) in [4.78, 5) is 0. The first-order valence-electron chi connectivity index (χ1n) is 8.23. The van der Waals surface area contributed by atoms with Crippen LogP contribution in [0.3, 0.4) is 0 Å². The van der Waals surface area contributed by atoms with Crippen LogP contribution in [0, 0.1) is 5.92 Å². The fourth-order valence-corrected chi connectivity index (χ4v) is 3.20. The van der Waals surface area contributed by atoms with Gasteiger partial charge in [-0.25, -0.2) is 0 Å². The minimum atomic E-state index is -1.40. The maximum Gasteiger partial charge on any atom is 0.488 e. The molecule has 1 fully saturated rings. The van der Waals surface area contributed by atoms with Gasteiger partial charge >= 0.3 is 7.12 Å². The van der Waals surface area contributed by atoms with Crippen LogP contribution in [0.25, 0.3) is 10.9 Å². The minimum Gasteiger partial charge on any atom is -0.423 e. The second kappa shape index (κ2) is 5.87. The average molecular weight is 305 g/mol. The van der Waals surface area contributed by atoms with Crippen LogP contribution >= 0.6 is 0 Å². The molecule has 23 heavy (non-hydrogen) atoms. The summed E-state index contributed by atoms with van der Waals surface area (Å²) in [5.41, 5.74) is 4.37. The fraction of sp³-hybridized carbons (Fsp3) is 0.263. The van der Waals surface area contributed by atoms with Gasteiger partial charge in [-0.3, -0.25) is 0 Å². The van der Waals surface area contributed by atoms with Crippen LogP contribution in [0.1, 0.15) is 24.1 Å². The SMILES string of the molecule is OB(O)c1ccc(Cc2cc3ccccc3n2CC2CC2)cc1. The van der Waals surface area contributed by atoms with E-state index in [0.717, 1.165) is 18.9 Å². The normalized spacial score (nSPS) is 14.3. The molecule has 1 heterocycles. The standard InChI is InChI=1S/C19H20BNO2/c22-20(23)17-9-7-14(8-10-17)11-18-12-16-3-1-2-4-19(16)21(18)13-15-5-6-15/h1-4,7-10,12,15,22-23H,5-6,11,13H2. The smallest absolute Gasteiger partial charge is 0.423 e.